The molecule has 5 rings (SSSR count). The van der Waals surface area contributed by atoms with Gasteiger partial charge in [0.15, 0.2) is 0 Å². The molecule has 9 nitrogen and oxygen atoms in total. The number of carbonyl (C=O) groups is 1. The van der Waals surface area contributed by atoms with E-state index in [0.717, 1.165) is 12.8 Å². The highest BCUT2D eigenvalue weighted by Crippen LogP contribution is 2.38. The van der Waals surface area contributed by atoms with E-state index in [0.29, 0.717) is 64.7 Å². The molecule has 2 aromatic heterocycles. The lowest BCUT2D eigenvalue weighted by atomic mass is 10.0. The van der Waals surface area contributed by atoms with Crippen molar-refractivity contribution in [1.29, 1.82) is 0 Å². The smallest absolute Gasteiger partial charge is 0.263 e. The van der Waals surface area contributed by atoms with E-state index in [-0.39, 0.29) is 29.5 Å². The van der Waals surface area contributed by atoms with Gasteiger partial charge in [-0.25, -0.2) is 18.7 Å². The molecule has 2 aliphatic rings. The fourth-order valence-electron chi connectivity index (χ4n) is 4.91. The van der Waals surface area contributed by atoms with Crippen molar-refractivity contribution in [3.63, 3.8) is 0 Å². The number of nitrogens with one attached hydrogen (secondary N) is 2. The lowest BCUT2D eigenvalue weighted by molar-refractivity contribution is 0.0930. The van der Waals surface area contributed by atoms with Gasteiger partial charge < -0.3 is 15.0 Å². The molecule has 2 aliphatic carbocycles. The molecule has 0 aliphatic heterocycles. The second-order valence-corrected chi connectivity index (χ2v) is 9.77. The Morgan fingerprint density at radius 1 is 1.33 bits per heavy atom. The normalized spacial score (nSPS) is 21.5. The molecule has 3 atom stereocenters. The van der Waals surface area contributed by atoms with E-state index >= 15 is 0 Å². The van der Waals surface area contributed by atoms with E-state index in [1.165, 1.54) is 18.5 Å². The largest absolute Gasteiger partial charge is 0.493 e. The number of benzene rings is 1. The first kappa shape index (κ1) is 24.0. The Morgan fingerprint density at radius 2 is 2.14 bits per heavy atom. The van der Waals surface area contributed by atoms with E-state index < -0.39 is 6.43 Å². The number of aryl methyl sites for hydroxylation is 1. The van der Waals surface area contributed by atoms with Gasteiger partial charge in [0.1, 0.15) is 23.3 Å². The Bertz CT molecular complexity index is 1350. The van der Waals surface area contributed by atoms with Crippen molar-refractivity contribution in [3.05, 3.63) is 51.8 Å². The van der Waals surface area contributed by atoms with E-state index in [1.54, 1.807) is 13.0 Å². The molecule has 0 radical (unpaired) electrons. The molecule has 36 heavy (non-hydrogen) atoms. The molecule has 2 fully saturated rings. The van der Waals surface area contributed by atoms with Gasteiger partial charge in [-0.2, -0.15) is 0 Å². The highest BCUT2D eigenvalue weighted by Gasteiger charge is 2.33. The fraction of sp³-hybridized carbons (Fsp3) is 0.480. The van der Waals surface area contributed by atoms with Gasteiger partial charge in [-0.05, 0) is 68.2 Å². The third kappa shape index (κ3) is 4.70. The van der Waals surface area contributed by atoms with Crippen LogP contribution < -0.4 is 10.1 Å². The van der Waals surface area contributed by atoms with Gasteiger partial charge in [-0.3, -0.25) is 4.79 Å². The van der Waals surface area contributed by atoms with Gasteiger partial charge in [0.05, 0.1) is 17.7 Å². The molecule has 11 heteroatoms. The number of amides is 1. The highest BCUT2D eigenvalue weighted by molar-refractivity contribution is 6.09. The van der Waals surface area contributed by atoms with Crippen molar-refractivity contribution in [2.24, 2.45) is 17.0 Å². The molecule has 0 saturated heterocycles. The van der Waals surface area contributed by atoms with Crippen molar-refractivity contribution >= 4 is 16.9 Å². The summed E-state index contributed by atoms with van der Waals surface area (Å²) in [5, 5.41) is 6.86. The average Bonchev–Trinajstić information content (AvgIpc) is 3.53. The SMILES string of the molecule is Cc1[nH]c2c(-c3cc(C(F)F)ccc3OCC3CC3)ncnc2c1C(=O)N[C@@H]1C[C@@H](N=[N+]=[N-])C[C@H]1C. The number of aromatic nitrogens is 3. The van der Waals surface area contributed by atoms with Crippen molar-refractivity contribution in [2.75, 3.05) is 6.61 Å². The van der Waals surface area contributed by atoms with Crippen LogP contribution in [-0.4, -0.2) is 39.5 Å². The molecule has 1 aromatic carbocycles. The molecule has 2 N–H and O–H groups in total. The molecule has 0 bridgehead atoms. The summed E-state index contributed by atoms with van der Waals surface area (Å²) in [5.74, 6) is 0.808. The van der Waals surface area contributed by atoms with E-state index in [1.807, 2.05) is 6.92 Å². The van der Waals surface area contributed by atoms with Crippen LogP contribution in [0.2, 0.25) is 0 Å². The standard InChI is InChI=1S/C25H27F2N7O2/c1-12-7-16(33-34-28)9-18(12)32-25(35)20-13(2)31-23-21(29-11-30-22(20)23)17-8-15(24(26)27)5-6-19(17)36-10-14-3-4-14/h5-6,8,11-12,14,16,18,24,31H,3-4,7,9-10H2,1-2H3,(H,32,35)/t12-,16+,18-/m1/s1. The minimum atomic E-state index is -2.65. The van der Waals surface area contributed by atoms with Crippen molar-refractivity contribution in [3.8, 4) is 17.0 Å². The summed E-state index contributed by atoms with van der Waals surface area (Å²) in [6, 6.07) is 4.02. The van der Waals surface area contributed by atoms with Gasteiger partial charge in [-0.1, -0.05) is 12.0 Å². The first-order valence-electron chi connectivity index (χ1n) is 12.1. The summed E-state index contributed by atoms with van der Waals surface area (Å²) in [6.45, 7) is 4.30. The number of hydrogen-bond donors (Lipinski definition) is 2. The van der Waals surface area contributed by atoms with Crippen LogP contribution >= 0.6 is 0 Å². The number of ether oxygens (including phenoxy) is 1. The second kappa shape index (κ2) is 9.73. The van der Waals surface area contributed by atoms with Crippen LogP contribution in [0.3, 0.4) is 0 Å². The Hall–Kier alpha value is -3.72. The number of hydrogen-bond acceptors (Lipinski definition) is 5. The van der Waals surface area contributed by atoms with Crippen LogP contribution in [-0.2, 0) is 0 Å². The first-order chi connectivity index (χ1) is 17.4. The maximum Gasteiger partial charge on any atom is 0.263 e. The number of rotatable bonds is 8. The molecule has 3 aromatic rings. The number of nitrogens with zero attached hydrogens (tertiary/aromatic N) is 5. The lowest BCUT2D eigenvalue weighted by Gasteiger charge is -2.17. The van der Waals surface area contributed by atoms with Crippen LogP contribution in [0.4, 0.5) is 8.78 Å². The van der Waals surface area contributed by atoms with Gasteiger partial charge in [0.2, 0.25) is 0 Å². The summed E-state index contributed by atoms with van der Waals surface area (Å²) in [4.78, 5) is 28.2. The number of carbonyl (C=O) groups excluding carboxylic acids is 1. The number of azide groups is 1. The number of H-pyrrole nitrogens is 1. The molecular formula is C25H27F2N7O2. The monoisotopic (exact) mass is 495 g/mol. The van der Waals surface area contributed by atoms with Crippen molar-refractivity contribution in [2.45, 2.75) is 58.0 Å². The maximum atomic E-state index is 13.5. The van der Waals surface area contributed by atoms with E-state index in [9.17, 15) is 13.6 Å². The summed E-state index contributed by atoms with van der Waals surface area (Å²) >= 11 is 0. The Balaban J connectivity index is 1.51. The van der Waals surface area contributed by atoms with Crippen molar-refractivity contribution < 1.29 is 18.3 Å². The Labute approximate surface area is 206 Å². The number of aromatic amines is 1. The molecule has 0 unspecified atom stereocenters. The Kier molecular flexibility index (Phi) is 6.49. The second-order valence-electron chi connectivity index (χ2n) is 9.77. The molecule has 188 valence electrons. The zero-order chi connectivity index (χ0) is 25.4. The van der Waals surface area contributed by atoms with Crippen LogP contribution in [0.15, 0.2) is 29.6 Å². The third-order valence-electron chi connectivity index (χ3n) is 7.07. The minimum Gasteiger partial charge on any atom is -0.493 e. The van der Waals surface area contributed by atoms with Gasteiger partial charge in [0, 0.05) is 33.8 Å². The van der Waals surface area contributed by atoms with Gasteiger partial charge in [-0.15, -0.1) is 0 Å². The van der Waals surface area contributed by atoms with Gasteiger partial charge in [0.25, 0.3) is 12.3 Å². The molecule has 0 spiro atoms. The van der Waals surface area contributed by atoms with Crippen LogP contribution in [0, 0.1) is 18.8 Å². The molecule has 2 heterocycles. The summed E-state index contributed by atoms with van der Waals surface area (Å²) in [7, 11) is 0. The summed E-state index contributed by atoms with van der Waals surface area (Å²) < 4.78 is 33.1. The number of fused-ring (bicyclic) bond motifs is 1. The summed E-state index contributed by atoms with van der Waals surface area (Å²) in [5.41, 5.74) is 11.3. The lowest BCUT2D eigenvalue weighted by Crippen LogP contribution is -2.37. The molecule has 2 saturated carbocycles. The fourth-order valence-corrected chi connectivity index (χ4v) is 4.91. The van der Waals surface area contributed by atoms with Crippen LogP contribution in [0.5, 0.6) is 5.75 Å². The molecule has 1 amide bonds. The topological polar surface area (TPSA) is 129 Å². The zero-order valence-electron chi connectivity index (χ0n) is 20.0. The molecular weight excluding hydrogens is 468 g/mol. The highest BCUT2D eigenvalue weighted by atomic mass is 19.3. The summed E-state index contributed by atoms with van der Waals surface area (Å²) in [6.07, 6.45) is 2.16. The van der Waals surface area contributed by atoms with Gasteiger partial charge >= 0.3 is 0 Å². The predicted octanol–water partition coefficient (Wildman–Crippen LogP) is 5.87. The van der Waals surface area contributed by atoms with E-state index in [4.69, 9.17) is 10.3 Å². The number of alkyl halides is 2. The quantitative estimate of drug-likeness (QED) is 0.230. The predicted molar refractivity (Wildman–Crippen MR) is 130 cm³/mol. The minimum absolute atomic E-state index is 0.135. The van der Waals surface area contributed by atoms with Crippen LogP contribution in [0.25, 0.3) is 32.7 Å². The zero-order valence-corrected chi connectivity index (χ0v) is 20.0. The number of halogens is 2. The maximum absolute atomic E-state index is 13.5. The Morgan fingerprint density at radius 3 is 2.86 bits per heavy atom. The van der Waals surface area contributed by atoms with E-state index in [2.05, 4.69) is 30.3 Å². The van der Waals surface area contributed by atoms with Crippen LogP contribution in [0.1, 0.15) is 60.6 Å². The first-order valence-corrected chi connectivity index (χ1v) is 12.1. The average molecular weight is 496 g/mol. The third-order valence-corrected chi connectivity index (χ3v) is 7.07. The van der Waals surface area contributed by atoms with Crippen molar-refractivity contribution in [1.82, 2.24) is 20.3 Å².